The van der Waals surface area contributed by atoms with Gasteiger partial charge >= 0.3 is 5.97 Å². The van der Waals surface area contributed by atoms with Crippen LogP contribution in [0.1, 0.15) is 31.2 Å². The largest absolute Gasteiger partial charge is 0.461 e. The van der Waals surface area contributed by atoms with Crippen LogP contribution in [0.15, 0.2) is 29.2 Å². The van der Waals surface area contributed by atoms with Gasteiger partial charge in [-0.1, -0.05) is 17.7 Å². The molecule has 2 fully saturated rings. The molecule has 0 aromatic heterocycles. The first-order chi connectivity index (χ1) is 9.98. The molecule has 6 heteroatoms. The molecule has 2 atom stereocenters. The number of ether oxygens (including phenoxy) is 1. The van der Waals surface area contributed by atoms with E-state index in [4.69, 9.17) is 4.74 Å². The van der Waals surface area contributed by atoms with Crippen LogP contribution in [0, 0.1) is 6.92 Å². The molecule has 0 radical (unpaired) electrons. The van der Waals surface area contributed by atoms with Gasteiger partial charge in [-0.3, -0.25) is 4.79 Å². The van der Waals surface area contributed by atoms with E-state index in [2.05, 4.69) is 0 Å². The molecule has 1 aromatic carbocycles. The fourth-order valence-electron chi connectivity index (χ4n) is 3.10. The minimum absolute atomic E-state index is 0.217. The number of piperidine rings is 1. The van der Waals surface area contributed by atoms with Crippen molar-refractivity contribution in [3.8, 4) is 0 Å². The third-order valence-corrected chi connectivity index (χ3v) is 6.16. The van der Waals surface area contributed by atoms with Crippen LogP contribution in [0.3, 0.4) is 0 Å². The van der Waals surface area contributed by atoms with Crippen molar-refractivity contribution in [3.05, 3.63) is 29.8 Å². The number of esters is 1. The van der Waals surface area contributed by atoms with Crippen molar-refractivity contribution < 1.29 is 17.9 Å². The second-order valence-corrected chi connectivity index (χ2v) is 7.60. The number of hydrogen-bond acceptors (Lipinski definition) is 4. The van der Waals surface area contributed by atoms with Crippen molar-refractivity contribution in [2.75, 3.05) is 6.54 Å². The quantitative estimate of drug-likeness (QED) is 0.782. The van der Waals surface area contributed by atoms with Crippen molar-refractivity contribution in [1.82, 2.24) is 4.31 Å². The highest BCUT2D eigenvalue weighted by atomic mass is 32.2. The SMILES string of the molecule is Cc1ccc(S(=O)(=O)N2CCC[C@H]3OC(=O)CC[C@@H]32)cc1. The lowest BCUT2D eigenvalue weighted by atomic mass is 9.95. The minimum Gasteiger partial charge on any atom is -0.461 e. The highest BCUT2D eigenvalue weighted by molar-refractivity contribution is 7.89. The summed E-state index contributed by atoms with van der Waals surface area (Å²) in [4.78, 5) is 11.7. The van der Waals surface area contributed by atoms with E-state index in [0.29, 0.717) is 24.3 Å². The average molecular weight is 309 g/mol. The van der Waals surface area contributed by atoms with E-state index < -0.39 is 10.0 Å². The first-order valence-electron chi connectivity index (χ1n) is 7.26. The summed E-state index contributed by atoms with van der Waals surface area (Å²) in [5, 5.41) is 0. The zero-order chi connectivity index (χ0) is 15.0. The Bertz CT molecular complexity index is 638. The molecule has 2 aliphatic rings. The van der Waals surface area contributed by atoms with Crippen LogP contribution in [0.25, 0.3) is 0 Å². The third kappa shape index (κ3) is 2.70. The number of hydrogen-bond donors (Lipinski definition) is 0. The molecule has 2 saturated heterocycles. The van der Waals surface area contributed by atoms with Crippen LogP contribution in [0.2, 0.25) is 0 Å². The predicted molar refractivity (Wildman–Crippen MR) is 77.2 cm³/mol. The number of aryl methyl sites for hydroxylation is 1. The zero-order valence-electron chi connectivity index (χ0n) is 12.0. The molecule has 5 nitrogen and oxygen atoms in total. The predicted octanol–water partition coefficient (Wildman–Crippen LogP) is 1.85. The van der Waals surface area contributed by atoms with Gasteiger partial charge in [0.05, 0.1) is 10.9 Å². The number of carbonyl (C=O) groups excluding carboxylic acids is 1. The Hall–Kier alpha value is -1.40. The molecular formula is C15H19NO4S. The topological polar surface area (TPSA) is 63.7 Å². The molecule has 0 aliphatic carbocycles. The number of sulfonamides is 1. The Morgan fingerprint density at radius 3 is 2.62 bits per heavy atom. The maximum atomic E-state index is 12.8. The fourth-order valence-corrected chi connectivity index (χ4v) is 4.81. The molecule has 2 heterocycles. The van der Waals surface area contributed by atoms with E-state index in [1.54, 1.807) is 24.3 Å². The molecule has 3 rings (SSSR count). The molecule has 2 aliphatic heterocycles. The van der Waals surface area contributed by atoms with Crippen molar-refractivity contribution in [1.29, 1.82) is 0 Å². The summed E-state index contributed by atoms with van der Waals surface area (Å²) in [6, 6.07) is 6.67. The molecule has 0 bridgehead atoms. The van der Waals surface area contributed by atoms with Gasteiger partial charge in [0, 0.05) is 13.0 Å². The van der Waals surface area contributed by atoms with Crippen LogP contribution >= 0.6 is 0 Å². The highest BCUT2D eigenvalue weighted by Gasteiger charge is 2.43. The van der Waals surface area contributed by atoms with Crippen LogP contribution in [-0.4, -0.2) is 37.4 Å². The highest BCUT2D eigenvalue weighted by Crippen LogP contribution is 2.32. The summed E-state index contributed by atoms with van der Waals surface area (Å²) in [6.45, 7) is 2.42. The zero-order valence-corrected chi connectivity index (χ0v) is 12.8. The smallest absolute Gasteiger partial charge is 0.306 e. The number of carbonyl (C=O) groups is 1. The van der Waals surface area contributed by atoms with Gasteiger partial charge in [-0.25, -0.2) is 8.42 Å². The monoisotopic (exact) mass is 309 g/mol. The van der Waals surface area contributed by atoms with Gasteiger partial charge in [0.15, 0.2) is 0 Å². The van der Waals surface area contributed by atoms with Gasteiger partial charge in [0.1, 0.15) is 6.10 Å². The van der Waals surface area contributed by atoms with Crippen LogP contribution < -0.4 is 0 Å². The van der Waals surface area contributed by atoms with Crippen molar-refractivity contribution >= 4 is 16.0 Å². The summed E-state index contributed by atoms with van der Waals surface area (Å²) in [5.41, 5.74) is 1.03. The third-order valence-electron chi connectivity index (χ3n) is 4.22. The van der Waals surface area contributed by atoms with Gasteiger partial charge in [-0.15, -0.1) is 0 Å². The summed E-state index contributed by atoms with van der Waals surface area (Å²) in [7, 11) is -3.52. The lowest BCUT2D eigenvalue weighted by Crippen LogP contribution is -2.54. The molecule has 0 spiro atoms. The number of benzene rings is 1. The molecular weight excluding hydrogens is 290 g/mol. The van der Waals surface area contributed by atoms with E-state index >= 15 is 0 Å². The average Bonchev–Trinajstić information content (AvgIpc) is 2.46. The Labute approximate surface area is 124 Å². The lowest BCUT2D eigenvalue weighted by Gasteiger charge is -2.42. The Balaban J connectivity index is 1.90. The van der Waals surface area contributed by atoms with Gasteiger partial charge in [0.2, 0.25) is 10.0 Å². The molecule has 0 amide bonds. The first-order valence-corrected chi connectivity index (χ1v) is 8.70. The lowest BCUT2D eigenvalue weighted by molar-refractivity contribution is -0.160. The van der Waals surface area contributed by atoms with E-state index in [-0.39, 0.29) is 18.1 Å². The van der Waals surface area contributed by atoms with Crippen LogP contribution in [-0.2, 0) is 19.6 Å². The second-order valence-electron chi connectivity index (χ2n) is 5.71. The maximum Gasteiger partial charge on any atom is 0.306 e. The number of fused-ring (bicyclic) bond motifs is 1. The first kappa shape index (κ1) is 14.5. The van der Waals surface area contributed by atoms with Crippen LogP contribution in [0.5, 0.6) is 0 Å². The normalized spacial score (nSPS) is 27.0. The van der Waals surface area contributed by atoms with E-state index in [0.717, 1.165) is 18.4 Å². The Morgan fingerprint density at radius 2 is 1.90 bits per heavy atom. The number of rotatable bonds is 2. The molecule has 0 unspecified atom stereocenters. The molecule has 21 heavy (non-hydrogen) atoms. The number of nitrogens with zero attached hydrogens (tertiary/aromatic N) is 1. The fraction of sp³-hybridized carbons (Fsp3) is 0.533. The minimum atomic E-state index is -3.52. The summed E-state index contributed by atoms with van der Waals surface area (Å²) >= 11 is 0. The van der Waals surface area contributed by atoms with Crippen molar-refractivity contribution in [2.24, 2.45) is 0 Å². The molecule has 0 saturated carbocycles. The standard InChI is InChI=1S/C15H19NO4S/c1-11-4-6-12(7-5-11)21(18,19)16-10-2-3-14-13(16)8-9-15(17)20-14/h4-7,13-14H,2-3,8-10H2,1H3/t13-,14+/m0/s1. The van der Waals surface area contributed by atoms with Gasteiger partial charge in [-0.2, -0.15) is 4.31 Å². The summed E-state index contributed by atoms with van der Waals surface area (Å²) in [5.74, 6) is -0.217. The van der Waals surface area contributed by atoms with Crippen molar-refractivity contribution in [3.63, 3.8) is 0 Å². The van der Waals surface area contributed by atoms with Crippen molar-refractivity contribution in [2.45, 2.75) is 49.6 Å². The van der Waals surface area contributed by atoms with Crippen LogP contribution in [0.4, 0.5) is 0 Å². The summed E-state index contributed by atoms with van der Waals surface area (Å²) < 4.78 is 32.5. The van der Waals surface area contributed by atoms with Gasteiger partial charge in [0.25, 0.3) is 0 Å². The second kappa shape index (κ2) is 5.42. The van der Waals surface area contributed by atoms with Gasteiger partial charge in [-0.05, 0) is 38.3 Å². The molecule has 114 valence electrons. The Kier molecular flexibility index (Phi) is 3.75. The van der Waals surface area contributed by atoms with E-state index in [9.17, 15) is 13.2 Å². The maximum absolute atomic E-state index is 12.8. The van der Waals surface area contributed by atoms with E-state index in [1.807, 2.05) is 6.92 Å². The van der Waals surface area contributed by atoms with Gasteiger partial charge < -0.3 is 4.74 Å². The molecule has 1 aromatic rings. The van der Waals surface area contributed by atoms with E-state index in [1.165, 1.54) is 4.31 Å². The Morgan fingerprint density at radius 1 is 1.19 bits per heavy atom. The summed E-state index contributed by atoms with van der Waals surface area (Å²) in [6.07, 6.45) is 2.02. The molecule has 0 N–H and O–H groups in total.